The third kappa shape index (κ3) is 4.90. The number of rotatable bonds is 8. The Balaban J connectivity index is 2.13. The molecule has 26 heavy (non-hydrogen) atoms. The Morgan fingerprint density at radius 2 is 2.19 bits per heavy atom. The van der Waals surface area contributed by atoms with Gasteiger partial charge in [0.25, 0.3) is 5.92 Å². The molecule has 0 bridgehead atoms. The van der Waals surface area contributed by atoms with Crippen molar-refractivity contribution in [2.24, 2.45) is 0 Å². The second kappa shape index (κ2) is 8.75. The normalized spacial score (nSPS) is 19.1. The van der Waals surface area contributed by atoms with Gasteiger partial charge < -0.3 is 19.6 Å². The van der Waals surface area contributed by atoms with E-state index in [0.717, 1.165) is 6.07 Å². The molecule has 1 aromatic rings. The van der Waals surface area contributed by atoms with Crippen LogP contribution in [-0.2, 0) is 15.4 Å². The molecular weight excluding hydrogens is 349 g/mol. The number of alkyl halides is 2. The molecule has 0 saturated heterocycles. The van der Waals surface area contributed by atoms with Crippen LogP contribution < -0.4 is 5.43 Å². The maximum absolute atomic E-state index is 14.6. The van der Waals surface area contributed by atoms with Crippen molar-refractivity contribution in [3.8, 4) is 0 Å². The molecule has 8 heteroatoms. The molecule has 2 N–H and O–H groups in total. The van der Waals surface area contributed by atoms with Crippen LogP contribution in [0.2, 0.25) is 0 Å². The molecule has 1 heterocycles. The zero-order valence-electron chi connectivity index (χ0n) is 15.1. The Kier molecular flexibility index (Phi) is 6.91. The molecule has 2 rings (SSSR count). The number of hydrogen-bond donors (Lipinski definition) is 2. The lowest BCUT2D eigenvalue weighted by Crippen LogP contribution is -2.44. The minimum Gasteiger partial charge on any atom is -0.491 e. The van der Waals surface area contributed by atoms with Gasteiger partial charge in [-0.25, -0.2) is 9.82 Å². The van der Waals surface area contributed by atoms with Crippen LogP contribution in [0.4, 0.5) is 13.2 Å². The van der Waals surface area contributed by atoms with Gasteiger partial charge in [-0.2, -0.15) is 8.78 Å². The third-order valence-electron chi connectivity index (χ3n) is 4.18. The summed E-state index contributed by atoms with van der Waals surface area (Å²) in [6, 6.07) is 3.23. The molecule has 1 aromatic carbocycles. The zero-order chi connectivity index (χ0) is 19.3. The van der Waals surface area contributed by atoms with E-state index in [-0.39, 0.29) is 11.7 Å². The van der Waals surface area contributed by atoms with Crippen LogP contribution in [0.1, 0.15) is 37.4 Å². The van der Waals surface area contributed by atoms with Gasteiger partial charge in [-0.15, -0.1) is 0 Å². The number of ether oxygens (including phenoxy) is 2. The molecule has 1 unspecified atom stereocenters. The lowest BCUT2D eigenvalue weighted by Gasteiger charge is -2.34. The van der Waals surface area contributed by atoms with Crippen molar-refractivity contribution in [2.45, 2.75) is 38.3 Å². The first-order valence-corrected chi connectivity index (χ1v) is 8.43. The minimum absolute atomic E-state index is 0.0884. The molecule has 0 aromatic heterocycles. The molecule has 1 aliphatic heterocycles. The fourth-order valence-corrected chi connectivity index (χ4v) is 2.88. The second-order valence-corrected chi connectivity index (χ2v) is 6.34. The lowest BCUT2D eigenvalue weighted by atomic mass is 10.0. The quantitative estimate of drug-likeness (QED) is 0.733. The SMILES string of the molecule is COCC[C@@H]1CN(NC(C)c2cccc(C(F)(F)CO)c2F)C=C(C)O1. The van der Waals surface area contributed by atoms with E-state index in [1.54, 1.807) is 32.2 Å². The summed E-state index contributed by atoms with van der Waals surface area (Å²) in [7, 11) is 1.61. The number of allylic oxidation sites excluding steroid dienone is 1. The highest BCUT2D eigenvalue weighted by Crippen LogP contribution is 2.32. The zero-order valence-corrected chi connectivity index (χ0v) is 15.1. The summed E-state index contributed by atoms with van der Waals surface area (Å²) < 4.78 is 52.8. The number of methoxy groups -OCH3 is 1. The van der Waals surface area contributed by atoms with E-state index in [0.29, 0.717) is 25.3 Å². The minimum atomic E-state index is -3.62. The number of nitrogens with one attached hydrogen (secondary N) is 1. The predicted octanol–water partition coefficient (Wildman–Crippen LogP) is 3.07. The smallest absolute Gasteiger partial charge is 0.298 e. The molecule has 0 amide bonds. The Morgan fingerprint density at radius 3 is 2.85 bits per heavy atom. The molecule has 0 saturated carbocycles. The molecular formula is C18H25F3N2O3. The van der Waals surface area contributed by atoms with Gasteiger partial charge in [0.1, 0.15) is 24.3 Å². The van der Waals surface area contributed by atoms with Crippen LogP contribution in [0.3, 0.4) is 0 Å². The fourth-order valence-electron chi connectivity index (χ4n) is 2.88. The summed E-state index contributed by atoms with van der Waals surface area (Å²) in [6.07, 6.45) is 2.35. The number of hydrogen-bond acceptors (Lipinski definition) is 5. The van der Waals surface area contributed by atoms with Crippen molar-refractivity contribution in [3.05, 3.63) is 47.1 Å². The van der Waals surface area contributed by atoms with Crippen molar-refractivity contribution in [1.82, 2.24) is 10.4 Å². The summed E-state index contributed by atoms with van der Waals surface area (Å²) in [4.78, 5) is 0. The van der Waals surface area contributed by atoms with Crippen molar-refractivity contribution < 1.29 is 27.8 Å². The monoisotopic (exact) mass is 374 g/mol. The van der Waals surface area contributed by atoms with Gasteiger partial charge in [0.2, 0.25) is 0 Å². The van der Waals surface area contributed by atoms with Gasteiger partial charge in [-0.1, -0.05) is 12.1 Å². The first kappa shape index (κ1) is 20.5. The molecule has 146 valence electrons. The Labute approximate surface area is 151 Å². The average Bonchev–Trinajstić information content (AvgIpc) is 2.59. The highest BCUT2D eigenvalue weighted by Gasteiger charge is 2.35. The highest BCUT2D eigenvalue weighted by molar-refractivity contribution is 5.31. The van der Waals surface area contributed by atoms with Crippen LogP contribution in [0, 0.1) is 5.82 Å². The summed E-state index contributed by atoms with van der Waals surface area (Å²) in [5.74, 6) is -3.95. The standard InChI is InChI=1S/C18H25F3N2O3/c1-12-9-23(10-14(26-12)7-8-25-3)22-13(2)15-5-4-6-16(17(15)19)18(20,21)11-24/h4-6,9,13-14,22,24H,7-8,10-11H2,1-3H3/t13?,14-/m1/s1. The maximum atomic E-state index is 14.6. The van der Waals surface area contributed by atoms with Gasteiger partial charge in [-0.3, -0.25) is 0 Å². The predicted molar refractivity (Wildman–Crippen MR) is 90.8 cm³/mol. The largest absolute Gasteiger partial charge is 0.491 e. The first-order valence-electron chi connectivity index (χ1n) is 8.43. The number of aliphatic hydroxyl groups excluding tert-OH is 1. The molecule has 0 spiro atoms. The summed E-state index contributed by atoms with van der Waals surface area (Å²) in [5, 5.41) is 10.6. The second-order valence-electron chi connectivity index (χ2n) is 6.34. The molecule has 5 nitrogen and oxygen atoms in total. The number of aliphatic hydroxyl groups is 1. The molecule has 2 atom stereocenters. The van der Waals surface area contributed by atoms with Crippen LogP contribution in [0.25, 0.3) is 0 Å². The van der Waals surface area contributed by atoms with E-state index in [9.17, 15) is 13.2 Å². The first-order chi connectivity index (χ1) is 12.3. The molecule has 0 fully saturated rings. The molecule has 0 aliphatic carbocycles. The topological polar surface area (TPSA) is 54.0 Å². The summed E-state index contributed by atoms with van der Waals surface area (Å²) in [5.41, 5.74) is 2.39. The van der Waals surface area contributed by atoms with Gasteiger partial charge in [0, 0.05) is 25.7 Å². The van der Waals surface area contributed by atoms with Crippen LogP contribution in [-0.4, -0.2) is 43.1 Å². The highest BCUT2D eigenvalue weighted by atomic mass is 19.3. The van der Waals surface area contributed by atoms with Gasteiger partial charge >= 0.3 is 0 Å². The number of nitrogens with zero attached hydrogens (tertiary/aromatic N) is 1. The van der Waals surface area contributed by atoms with Crippen molar-refractivity contribution in [1.29, 1.82) is 0 Å². The Hall–Kier alpha value is -1.77. The Bertz CT molecular complexity index is 640. The maximum Gasteiger partial charge on any atom is 0.298 e. The lowest BCUT2D eigenvalue weighted by molar-refractivity contribution is -0.0584. The fraction of sp³-hybridized carbons (Fsp3) is 0.556. The van der Waals surface area contributed by atoms with Gasteiger partial charge in [0.15, 0.2) is 0 Å². The van der Waals surface area contributed by atoms with E-state index < -0.39 is 30.0 Å². The van der Waals surface area contributed by atoms with Crippen molar-refractivity contribution in [2.75, 3.05) is 26.9 Å². The molecule has 0 radical (unpaired) electrons. The van der Waals surface area contributed by atoms with E-state index in [2.05, 4.69) is 5.43 Å². The van der Waals surface area contributed by atoms with Crippen molar-refractivity contribution >= 4 is 0 Å². The molecule has 1 aliphatic rings. The number of benzene rings is 1. The van der Waals surface area contributed by atoms with E-state index in [1.165, 1.54) is 12.1 Å². The van der Waals surface area contributed by atoms with Crippen LogP contribution in [0.5, 0.6) is 0 Å². The Morgan fingerprint density at radius 1 is 1.46 bits per heavy atom. The average molecular weight is 374 g/mol. The summed E-state index contributed by atoms with van der Waals surface area (Å²) >= 11 is 0. The van der Waals surface area contributed by atoms with E-state index >= 15 is 0 Å². The number of hydrazine groups is 1. The van der Waals surface area contributed by atoms with Crippen LogP contribution in [0.15, 0.2) is 30.2 Å². The number of halogens is 3. The van der Waals surface area contributed by atoms with E-state index in [1.807, 2.05) is 0 Å². The van der Waals surface area contributed by atoms with Crippen LogP contribution >= 0.6 is 0 Å². The third-order valence-corrected chi connectivity index (χ3v) is 4.18. The van der Waals surface area contributed by atoms with Crippen molar-refractivity contribution in [3.63, 3.8) is 0 Å². The van der Waals surface area contributed by atoms with Gasteiger partial charge in [0.05, 0.1) is 24.4 Å². The van der Waals surface area contributed by atoms with Gasteiger partial charge in [-0.05, 0) is 19.9 Å². The van der Waals surface area contributed by atoms with E-state index in [4.69, 9.17) is 14.6 Å². The summed E-state index contributed by atoms with van der Waals surface area (Å²) in [6.45, 7) is 3.11.